The van der Waals surface area contributed by atoms with Crippen LogP contribution in [0.4, 0.5) is 38.5 Å². The van der Waals surface area contributed by atoms with Crippen LogP contribution in [0, 0.1) is 31.8 Å². The second-order valence-corrected chi connectivity index (χ2v) is 30.3. The van der Waals surface area contributed by atoms with Gasteiger partial charge in [0.2, 0.25) is 0 Å². The fourth-order valence-corrected chi connectivity index (χ4v) is 14.7. The summed E-state index contributed by atoms with van der Waals surface area (Å²) < 4.78 is 19.9. The van der Waals surface area contributed by atoms with E-state index >= 15 is 0 Å². The molecule has 11 aromatic rings. The maximum atomic E-state index is 12.7. The summed E-state index contributed by atoms with van der Waals surface area (Å²) in [5.74, 6) is -0.275. The molecule has 5 nitrogen and oxygen atoms in total. The van der Waals surface area contributed by atoms with Gasteiger partial charge in [-0.25, -0.2) is 0 Å². The van der Waals surface area contributed by atoms with Crippen LogP contribution >= 0.6 is 11.8 Å². The van der Waals surface area contributed by atoms with Crippen LogP contribution in [0.5, 0.6) is 0 Å². The van der Waals surface area contributed by atoms with Crippen molar-refractivity contribution in [2.45, 2.75) is 148 Å². The Labute approximate surface area is 537 Å². The molecule has 443 valence electrons. The number of halogens is 1. The molecule has 0 saturated carbocycles. The van der Waals surface area contributed by atoms with Crippen molar-refractivity contribution in [3.05, 3.63) is 220 Å². The Morgan fingerprint density at radius 1 is 0.545 bits per heavy atom. The Morgan fingerprint density at radius 3 is 1.82 bits per heavy atom. The average molecular weight is 1350 g/mol. The molecule has 0 saturated heterocycles. The number of benzene rings is 8. The average Bonchev–Trinajstić information content (AvgIpc) is 0.702. The summed E-state index contributed by atoms with van der Waals surface area (Å²) in [5.41, 5.74) is 28.9. The summed E-state index contributed by atoms with van der Waals surface area (Å²) in [6.45, 7) is 37.2. The van der Waals surface area contributed by atoms with Gasteiger partial charge in [-0.2, -0.15) is 0 Å². The predicted molar refractivity (Wildman–Crippen MR) is 364 cm³/mol. The molecule has 1 radical (unpaired) electrons. The van der Waals surface area contributed by atoms with Gasteiger partial charge in [0, 0.05) is 81.5 Å². The number of aryl methyl sites for hydroxylation is 2. The van der Waals surface area contributed by atoms with Gasteiger partial charge in [-0.1, -0.05) is 198 Å². The molecule has 0 unspecified atom stereocenters. The van der Waals surface area contributed by atoms with Crippen molar-refractivity contribution in [2.24, 2.45) is 0 Å². The topological polar surface area (TPSA) is 45.4 Å². The predicted octanol–water partition coefficient (Wildman–Crippen LogP) is 19.8. The van der Waals surface area contributed by atoms with Crippen LogP contribution in [-0.4, -0.2) is 16.7 Å². The quantitative estimate of drug-likeness (QED) is 0.130. The van der Waals surface area contributed by atoms with E-state index in [1.54, 1.807) is 6.07 Å². The molecule has 0 bridgehead atoms. The zero-order valence-electron chi connectivity index (χ0n) is 53.4. The zero-order chi connectivity index (χ0) is 61.2. The number of anilines is 6. The molecular weight excluding hydrogens is 1270 g/mol. The summed E-state index contributed by atoms with van der Waals surface area (Å²) >= 11 is 1.95. The molecule has 0 amide bonds. The van der Waals surface area contributed by atoms with Crippen molar-refractivity contribution in [1.82, 2.24) is 9.97 Å². The third-order valence-electron chi connectivity index (χ3n) is 18.8. The van der Waals surface area contributed by atoms with Gasteiger partial charge < -0.3 is 24.2 Å². The molecule has 0 atom stereocenters. The van der Waals surface area contributed by atoms with E-state index in [2.05, 4.69) is 221 Å². The SMILES string of the molecule is CC(C)(C)c1ccc2c(c1)Sc1cc(C(C)(C)C)cc3c1N2c1cc(-c2cccc4c2oc2c(-c5ccccn5)[c-]ccc24)cc2c1B3c1cc(C(C)(C)C)cc3c1N2c1ccc(C(C)(C)C)cc1C3(C)C.Cc1cnc(-c2[c-]cc(F)cc2)cc1C.[Ir]. The Balaban J connectivity index is 0.000000391. The molecule has 15 rings (SSSR count). The normalized spacial score (nSPS) is 14.3. The molecular formula is C79H74BFIrN4OS-2. The second-order valence-electron chi connectivity index (χ2n) is 29.2. The molecule has 4 aliphatic rings. The molecule has 8 aromatic carbocycles. The number of nitrogens with zero attached hydrogens (tertiary/aromatic N) is 4. The first-order valence-electron chi connectivity index (χ1n) is 30.7. The zero-order valence-corrected chi connectivity index (χ0v) is 56.6. The number of para-hydroxylation sites is 1. The fourth-order valence-electron chi connectivity index (χ4n) is 13.5. The van der Waals surface area contributed by atoms with Crippen molar-refractivity contribution in [1.29, 1.82) is 0 Å². The molecule has 3 aromatic heterocycles. The standard InChI is InChI=1S/C66H63BN3OS.C13H11FN.Ir/c1-62(2,3)38-24-26-51-46(31-38)66(13,14)47-32-40(64(7,8)9)33-48-58(47)69(51)53-29-37(42-19-17-20-43-44-21-18-22-45(61(44)71-60(42)43)50-23-15-16-28-68-50)30-54-57(53)67(48)49-34-41(65(10,11)12)36-56-59(49)70(54)52-27-25-39(63(4,5)6)35-55(52)72-56;1-9-7-13(15-8-10(9)2)11-3-5-12(14)6-4-11;/h15-21,23-36H,1-14H3;3,5-8H,1-2H3;/q2*-1;. The Kier molecular flexibility index (Phi) is 14.0. The molecule has 88 heavy (non-hydrogen) atoms. The monoisotopic (exact) mass is 1350 g/mol. The number of pyridine rings is 2. The van der Waals surface area contributed by atoms with E-state index in [4.69, 9.17) is 9.40 Å². The number of hydrogen-bond donors (Lipinski definition) is 0. The largest absolute Gasteiger partial charge is 0.500 e. The summed E-state index contributed by atoms with van der Waals surface area (Å²) in [7, 11) is 0. The molecule has 9 heteroatoms. The van der Waals surface area contributed by atoms with E-state index in [0.29, 0.717) is 0 Å². The summed E-state index contributed by atoms with van der Waals surface area (Å²) in [6, 6.07) is 59.5. The van der Waals surface area contributed by atoms with Gasteiger partial charge in [0.1, 0.15) is 5.58 Å². The van der Waals surface area contributed by atoms with Crippen LogP contribution in [0.15, 0.2) is 172 Å². The maximum absolute atomic E-state index is 12.7. The minimum absolute atomic E-state index is 0. The number of furan rings is 1. The van der Waals surface area contributed by atoms with Gasteiger partial charge in [0.05, 0.1) is 22.6 Å². The van der Waals surface area contributed by atoms with Crippen LogP contribution in [0.25, 0.3) is 55.6 Å². The van der Waals surface area contributed by atoms with Gasteiger partial charge in [0.15, 0.2) is 0 Å². The maximum Gasteiger partial charge on any atom is 0.252 e. The van der Waals surface area contributed by atoms with E-state index in [1.165, 1.54) is 111 Å². The fraction of sp³-hybridized carbons (Fsp3) is 0.266. The number of rotatable bonds is 3. The molecule has 0 aliphatic carbocycles. The van der Waals surface area contributed by atoms with E-state index in [1.807, 2.05) is 68.3 Å². The summed E-state index contributed by atoms with van der Waals surface area (Å²) in [6.07, 6.45) is 3.66. The smallest absolute Gasteiger partial charge is 0.252 e. The van der Waals surface area contributed by atoms with Crippen LogP contribution < -0.4 is 26.2 Å². The van der Waals surface area contributed by atoms with Crippen LogP contribution in [-0.2, 0) is 47.2 Å². The van der Waals surface area contributed by atoms with Crippen LogP contribution in [0.3, 0.4) is 0 Å². The minimum Gasteiger partial charge on any atom is -0.500 e. The molecule has 7 heterocycles. The first-order valence-corrected chi connectivity index (χ1v) is 31.5. The van der Waals surface area contributed by atoms with E-state index in [9.17, 15) is 4.39 Å². The van der Waals surface area contributed by atoms with E-state index in [0.717, 1.165) is 61.1 Å². The first kappa shape index (κ1) is 59.4. The first-order chi connectivity index (χ1) is 41.1. The molecule has 0 fully saturated rings. The van der Waals surface area contributed by atoms with Crippen molar-refractivity contribution < 1.29 is 28.9 Å². The van der Waals surface area contributed by atoms with Crippen LogP contribution in [0.2, 0.25) is 0 Å². The Morgan fingerprint density at radius 2 is 1.17 bits per heavy atom. The third-order valence-corrected chi connectivity index (χ3v) is 19.9. The van der Waals surface area contributed by atoms with Gasteiger partial charge in [-0.15, -0.1) is 48.0 Å². The number of aromatic nitrogens is 2. The van der Waals surface area contributed by atoms with Crippen LogP contribution in [0.1, 0.15) is 141 Å². The van der Waals surface area contributed by atoms with E-state index < -0.39 is 0 Å². The van der Waals surface area contributed by atoms with Gasteiger partial charge in [0.25, 0.3) is 6.71 Å². The summed E-state index contributed by atoms with van der Waals surface area (Å²) in [5, 5.41) is 2.14. The number of fused-ring (bicyclic) bond motifs is 11. The van der Waals surface area contributed by atoms with E-state index in [-0.39, 0.29) is 59.7 Å². The van der Waals surface area contributed by atoms with Gasteiger partial charge in [-0.3, -0.25) is 4.39 Å². The molecule has 4 aliphatic heterocycles. The van der Waals surface area contributed by atoms with Crippen molar-refractivity contribution in [3.63, 3.8) is 0 Å². The Bertz CT molecular complexity index is 4670. The second kappa shape index (κ2) is 20.8. The van der Waals surface area contributed by atoms with Gasteiger partial charge in [-0.05, 0) is 150 Å². The van der Waals surface area contributed by atoms with Gasteiger partial charge >= 0.3 is 0 Å². The summed E-state index contributed by atoms with van der Waals surface area (Å²) in [4.78, 5) is 17.0. The minimum atomic E-state index is -0.286. The molecule has 0 N–H and O–H groups in total. The Hall–Kier alpha value is -7.55. The van der Waals surface area contributed by atoms with Crippen molar-refractivity contribution >= 4 is 90.9 Å². The molecule has 0 spiro atoms. The number of hydrogen-bond acceptors (Lipinski definition) is 6. The third kappa shape index (κ3) is 9.60. The van der Waals surface area contributed by atoms with Crippen molar-refractivity contribution in [2.75, 3.05) is 9.80 Å². The van der Waals surface area contributed by atoms with Crippen molar-refractivity contribution in [3.8, 4) is 33.6 Å².